The van der Waals surface area contributed by atoms with E-state index in [2.05, 4.69) is 0 Å². The number of benzene rings is 3. The number of para-hydroxylation sites is 1. The number of ether oxygens (including phenoxy) is 1. The number of fused-ring (bicyclic) bond motifs is 2. The SMILES string of the molecule is O=C(c1ccc(O)c(F)c1)N1CCC2(CC1)CN(C(=O)COc1ccc(Cl)c(Cl)c1)c1ccccc12. The van der Waals surface area contributed by atoms with Crippen molar-refractivity contribution in [2.45, 2.75) is 18.3 Å². The molecule has 3 aromatic rings. The van der Waals surface area contributed by atoms with Crippen LogP contribution in [0.5, 0.6) is 11.5 Å². The summed E-state index contributed by atoms with van der Waals surface area (Å²) in [5.74, 6) is -1.31. The monoisotopic (exact) mass is 528 g/mol. The minimum Gasteiger partial charge on any atom is -0.505 e. The zero-order valence-corrected chi connectivity index (χ0v) is 20.7. The Kier molecular flexibility index (Phi) is 6.53. The lowest BCUT2D eigenvalue weighted by molar-refractivity contribution is -0.120. The number of nitrogens with zero attached hydrogens (tertiary/aromatic N) is 2. The Hall–Kier alpha value is -3.29. The average Bonchev–Trinajstić information content (AvgIpc) is 3.20. The normalized spacial score (nSPS) is 16.2. The van der Waals surface area contributed by atoms with E-state index in [0.29, 0.717) is 48.3 Å². The molecule has 1 spiro atoms. The van der Waals surface area contributed by atoms with Crippen LogP contribution in [0.15, 0.2) is 60.7 Å². The van der Waals surface area contributed by atoms with Crippen molar-refractivity contribution in [3.05, 3.63) is 87.7 Å². The third-order valence-electron chi connectivity index (χ3n) is 6.98. The molecule has 9 heteroatoms. The summed E-state index contributed by atoms with van der Waals surface area (Å²) in [5, 5.41) is 10.2. The molecule has 186 valence electrons. The molecular formula is C27H23Cl2FN2O4. The fourth-order valence-corrected chi connectivity index (χ4v) is 5.32. The summed E-state index contributed by atoms with van der Waals surface area (Å²) in [6, 6.07) is 16.3. The van der Waals surface area contributed by atoms with Gasteiger partial charge in [-0.1, -0.05) is 41.4 Å². The molecule has 0 aromatic heterocycles. The number of halogens is 3. The largest absolute Gasteiger partial charge is 0.505 e. The van der Waals surface area contributed by atoms with Crippen LogP contribution < -0.4 is 9.64 Å². The van der Waals surface area contributed by atoms with Crippen LogP contribution in [-0.2, 0) is 10.2 Å². The van der Waals surface area contributed by atoms with Crippen molar-refractivity contribution < 1.29 is 23.8 Å². The van der Waals surface area contributed by atoms with Crippen molar-refractivity contribution >= 4 is 40.7 Å². The minimum absolute atomic E-state index is 0.153. The third-order valence-corrected chi connectivity index (χ3v) is 7.72. The molecule has 0 bridgehead atoms. The maximum Gasteiger partial charge on any atom is 0.264 e. The molecule has 6 nitrogen and oxygen atoms in total. The number of rotatable bonds is 4. The molecule has 0 aliphatic carbocycles. The Morgan fingerprint density at radius 2 is 1.75 bits per heavy atom. The van der Waals surface area contributed by atoms with E-state index >= 15 is 0 Å². The van der Waals surface area contributed by atoms with Gasteiger partial charge in [0.2, 0.25) is 0 Å². The molecule has 36 heavy (non-hydrogen) atoms. The topological polar surface area (TPSA) is 70.1 Å². The van der Waals surface area contributed by atoms with Crippen molar-refractivity contribution in [3.63, 3.8) is 0 Å². The lowest BCUT2D eigenvalue weighted by Crippen LogP contribution is -2.48. The maximum atomic E-state index is 13.8. The van der Waals surface area contributed by atoms with Crippen LogP contribution in [0.2, 0.25) is 10.0 Å². The van der Waals surface area contributed by atoms with Gasteiger partial charge in [0.15, 0.2) is 18.2 Å². The summed E-state index contributed by atoms with van der Waals surface area (Å²) in [7, 11) is 0. The fraction of sp³-hybridized carbons (Fsp3) is 0.259. The molecule has 2 amide bonds. The lowest BCUT2D eigenvalue weighted by Gasteiger charge is -2.40. The number of amides is 2. The van der Waals surface area contributed by atoms with Crippen LogP contribution in [0.4, 0.5) is 10.1 Å². The number of carbonyl (C=O) groups excluding carboxylic acids is 2. The van der Waals surface area contributed by atoms with Gasteiger partial charge in [0.1, 0.15) is 5.75 Å². The van der Waals surface area contributed by atoms with Crippen LogP contribution in [0, 0.1) is 5.82 Å². The van der Waals surface area contributed by atoms with Crippen LogP contribution >= 0.6 is 23.2 Å². The van der Waals surface area contributed by atoms with Gasteiger partial charge in [-0.2, -0.15) is 0 Å². The quantitative estimate of drug-likeness (QED) is 0.489. The molecule has 1 N–H and O–H groups in total. The van der Waals surface area contributed by atoms with Crippen molar-refractivity contribution in [3.8, 4) is 11.5 Å². The number of phenolic OH excluding ortho intramolecular Hbond substituents is 1. The van der Waals surface area contributed by atoms with Gasteiger partial charge in [0, 0.05) is 42.4 Å². The highest BCUT2D eigenvalue weighted by Gasteiger charge is 2.46. The van der Waals surface area contributed by atoms with Crippen LogP contribution in [-0.4, -0.2) is 48.1 Å². The van der Waals surface area contributed by atoms with Crippen molar-refractivity contribution in [1.29, 1.82) is 0 Å². The van der Waals surface area contributed by atoms with E-state index < -0.39 is 11.6 Å². The molecule has 2 heterocycles. The predicted octanol–water partition coefficient (Wildman–Crippen LogP) is 5.44. The molecule has 2 aliphatic heterocycles. The highest BCUT2D eigenvalue weighted by Crippen LogP contribution is 2.47. The van der Waals surface area contributed by atoms with E-state index in [-0.39, 0.29) is 29.4 Å². The van der Waals surface area contributed by atoms with Crippen molar-refractivity contribution in [2.75, 3.05) is 31.1 Å². The first-order chi connectivity index (χ1) is 17.3. The zero-order chi connectivity index (χ0) is 25.4. The first-order valence-electron chi connectivity index (χ1n) is 11.5. The van der Waals surface area contributed by atoms with Crippen LogP contribution in [0.1, 0.15) is 28.8 Å². The summed E-state index contributed by atoms with van der Waals surface area (Å²) in [5.41, 5.74) is 1.84. The third kappa shape index (κ3) is 4.49. The number of hydrogen-bond donors (Lipinski definition) is 1. The molecular weight excluding hydrogens is 506 g/mol. The van der Waals surface area contributed by atoms with Gasteiger partial charge in [-0.05, 0) is 54.8 Å². The Bertz CT molecular complexity index is 1340. The standard InChI is InChI=1S/C27H23Cl2FN2O4/c28-20-7-6-18(14-21(20)29)36-15-25(34)32-16-27(19-3-1-2-4-23(19)32)9-11-31(12-10-27)26(35)17-5-8-24(33)22(30)13-17/h1-8,13-14,33H,9-12,15-16H2. The fourth-order valence-electron chi connectivity index (χ4n) is 5.03. The zero-order valence-electron chi connectivity index (χ0n) is 19.2. The first kappa shape index (κ1) is 24.4. The van der Waals surface area contributed by atoms with Gasteiger partial charge in [0.25, 0.3) is 11.8 Å². The smallest absolute Gasteiger partial charge is 0.264 e. The van der Waals surface area contributed by atoms with Crippen molar-refractivity contribution in [1.82, 2.24) is 4.90 Å². The predicted molar refractivity (Wildman–Crippen MR) is 136 cm³/mol. The number of carbonyl (C=O) groups is 2. The van der Waals surface area contributed by atoms with Gasteiger partial charge in [-0.25, -0.2) is 4.39 Å². The minimum atomic E-state index is -0.823. The molecule has 0 unspecified atom stereocenters. The molecule has 3 aromatic carbocycles. The second kappa shape index (κ2) is 9.64. The number of hydrogen-bond acceptors (Lipinski definition) is 4. The van der Waals surface area contributed by atoms with Crippen LogP contribution in [0.3, 0.4) is 0 Å². The molecule has 0 atom stereocenters. The number of likely N-dealkylation sites (tertiary alicyclic amines) is 1. The second-order valence-corrected chi connectivity index (χ2v) is 9.91. The van der Waals surface area contributed by atoms with Gasteiger partial charge >= 0.3 is 0 Å². The highest BCUT2D eigenvalue weighted by atomic mass is 35.5. The summed E-state index contributed by atoms with van der Waals surface area (Å²) < 4.78 is 19.4. The summed E-state index contributed by atoms with van der Waals surface area (Å²) in [4.78, 5) is 29.6. The van der Waals surface area contributed by atoms with E-state index in [1.165, 1.54) is 12.1 Å². The number of piperidine rings is 1. The highest BCUT2D eigenvalue weighted by molar-refractivity contribution is 6.42. The first-order valence-corrected chi connectivity index (χ1v) is 12.3. The van der Waals surface area contributed by atoms with Gasteiger partial charge in [-0.15, -0.1) is 0 Å². The van der Waals surface area contributed by atoms with E-state index in [0.717, 1.165) is 17.3 Å². The Labute approximate surface area is 217 Å². The number of anilines is 1. The second-order valence-electron chi connectivity index (χ2n) is 9.10. The average molecular weight is 529 g/mol. The Morgan fingerprint density at radius 1 is 1.00 bits per heavy atom. The molecule has 1 saturated heterocycles. The van der Waals surface area contributed by atoms with Crippen molar-refractivity contribution in [2.24, 2.45) is 0 Å². The molecule has 1 fully saturated rings. The van der Waals surface area contributed by atoms with Gasteiger partial charge in [-0.3, -0.25) is 9.59 Å². The summed E-state index contributed by atoms with van der Waals surface area (Å²) >= 11 is 12.0. The Balaban J connectivity index is 1.29. The molecule has 0 radical (unpaired) electrons. The summed E-state index contributed by atoms with van der Waals surface area (Å²) in [6.07, 6.45) is 1.32. The van der Waals surface area contributed by atoms with E-state index in [4.69, 9.17) is 27.9 Å². The van der Waals surface area contributed by atoms with Crippen LogP contribution in [0.25, 0.3) is 0 Å². The Morgan fingerprint density at radius 3 is 2.47 bits per heavy atom. The molecule has 2 aliphatic rings. The van der Waals surface area contributed by atoms with E-state index in [1.807, 2.05) is 24.3 Å². The van der Waals surface area contributed by atoms with E-state index in [9.17, 15) is 19.1 Å². The number of aromatic hydroxyl groups is 1. The molecule has 5 rings (SSSR count). The maximum absolute atomic E-state index is 13.8. The lowest BCUT2D eigenvalue weighted by atomic mass is 9.74. The van der Waals surface area contributed by atoms with E-state index in [1.54, 1.807) is 28.0 Å². The molecule has 0 saturated carbocycles. The summed E-state index contributed by atoms with van der Waals surface area (Å²) in [6.45, 7) is 1.28. The van der Waals surface area contributed by atoms with Gasteiger partial charge < -0.3 is 19.6 Å². The van der Waals surface area contributed by atoms with Gasteiger partial charge in [0.05, 0.1) is 10.0 Å². The number of phenols is 1.